The summed E-state index contributed by atoms with van der Waals surface area (Å²) < 4.78 is 9.78. The number of rotatable bonds is 2. The van der Waals surface area contributed by atoms with Crippen LogP contribution in [0.15, 0.2) is 12.1 Å². The van der Waals surface area contributed by atoms with E-state index in [0.717, 1.165) is 5.56 Å². The van der Waals surface area contributed by atoms with Gasteiger partial charge in [-0.25, -0.2) is 4.79 Å². The monoisotopic (exact) mass is 192 g/mol. The Labute approximate surface area is 80.4 Å². The van der Waals surface area contributed by atoms with Crippen LogP contribution in [0.25, 0.3) is 0 Å². The molecular formula is C10H8O4. The summed E-state index contributed by atoms with van der Waals surface area (Å²) in [5.41, 5.74) is 1.34. The molecule has 1 aliphatic heterocycles. The molecule has 0 aliphatic carbocycles. The van der Waals surface area contributed by atoms with E-state index in [0.29, 0.717) is 17.6 Å². The second-order valence-electron chi connectivity index (χ2n) is 2.91. The van der Waals surface area contributed by atoms with Crippen molar-refractivity contribution in [3.63, 3.8) is 0 Å². The average Bonchev–Trinajstić information content (AvgIpc) is 2.59. The Balaban J connectivity index is 2.68. The summed E-state index contributed by atoms with van der Waals surface area (Å²) in [5.74, 6) is -0.0569. The van der Waals surface area contributed by atoms with E-state index in [4.69, 9.17) is 9.47 Å². The average molecular weight is 192 g/mol. The van der Waals surface area contributed by atoms with Crippen molar-refractivity contribution in [1.29, 1.82) is 0 Å². The van der Waals surface area contributed by atoms with Crippen molar-refractivity contribution < 1.29 is 19.1 Å². The molecule has 0 radical (unpaired) electrons. The van der Waals surface area contributed by atoms with Gasteiger partial charge < -0.3 is 9.47 Å². The van der Waals surface area contributed by atoms with Crippen LogP contribution in [-0.2, 0) is 11.3 Å². The molecule has 1 aromatic rings. The summed E-state index contributed by atoms with van der Waals surface area (Å²) in [4.78, 5) is 22.1. The Morgan fingerprint density at radius 1 is 1.50 bits per heavy atom. The largest absolute Gasteiger partial charge is 0.496 e. The van der Waals surface area contributed by atoms with Gasteiger partial charge in [0, 0.05) is 5.56 Å². The minimum atomic E-state index is -0.457. The number of esters is 1. The van der Waals surface area contributed by atoms with E-state index < -0.39 is 5.97 Å². The normalized spacial score (nSPS) is 13.4. The number of cyclic esters (lactones) is 1. The number of methoxy groups -OCH3 is 1. The molecule has 72 valence electrons. The third-order valence-electron chi connectivity index (χ3n) is 2.19. The highest BCUT2D eigenvalue weighted by Gasteiger charge is 2.26. The van der Waals surface area contributed by atoms with Crippen molar-refractivity contribution in [3.05, 3.63) is 28.8 Å². The van der Waals surface area contributed by atoms with E-state index in [1.54, 1.807) is 12.1 Å². The number of hydrogen-bond donors (Lipinski definition) is 0. The Kier molecular flexibility index (Phi) is 1.96. The lowest BCUT2D eigenvalue weighted by molar-refractivity contribution is 0.0533. The van der Waals surface area contributed by atoms with Crippen molar-refractivity contribution in [2.75, 3.05) is 7.11 Å². The van der Waals surface area contributed by atoms with Gasteiger partial charge in [-0.2, -0.15) is 0 Å². The van der Waals surface area contributed by atoms with Gasteiger partial charge in [0.15, 0.2) is 6.29 Å². The lowest BCUT2D eigenvalue weighted by Crippen LogP contribution is -2.02. The molecule has 0 bridgehead atoms. The van der Waals surface area contributed by atoms with Gasteiger partial charge in [0.1, 0.15) is 12.4 Å². The third kappa shape index (κ3) is 1.08. The van der Waals surface area contributed by atoms with E-state index in [2.05, 4.69) is 0 Å². The molecular weight excluding hydrogens is 184 g/mol. The van der Waals surface area contributed by atoms with Gasteiger partial charge in [-0.3, -0.25) is 4.79 Å². The first-order chi connectivity index (χ1) is 6.77. The predicted molar refractivity (Wildman–Crippen MR) is 47.5 cm³/mol. The first-order valence-electron chi connectivity index (χ1n) is 4.10. The molecule has 0 spiro atoms. The number of carbonyl (C=O) groups excluding carboxylic acids is 2. The summed E-state index contributed by atoms with van der Waals surface area (Å²) in [6, 6.07) is 3.39. The molecule has 4 nitrogen and oxygen atoms in total. The topological polar surface area (TPSA) is 52.6 Å². The molecule has 0 atom stereocenters. The summed E-state index contributed by atoms with van der Waals surface area (Å²) in [6.07, 6.45) is 0.615. The molecule has 14 heavy (non-hydrogen) atoms. The first-order valence-corrected chi connectivity index (χ1v) is 4.10. The van der Waals surface area contributed by atoms with Crippen LogP contribution in [0.5, 0.6) is 5.75 Å². The zero-order chi connectivity index (χ0) is 10.1. The first kappa shape index (κ1) is 8.74. The van der Waals surface area contributed by atoms with E-state index in [1.807, 2.05) is 0 Å². The number of fused-ring (bicyclic) bond motifs is 1. The lowest BCUT2D eigenvalue weighted by atomic mass is 10.0. The number of hydrogen-bond acceptors (Lipinski definition) is 4. The molecule has 0 unspecified atom stereocenters. The van der Waals surface area contributed by atoms with Crippen molar-refractivity contribution >= 4 is 12.3 Å². The molecule has 0 saturated heterocycles. The fraction of sp³-hybridized carbons (Fsp3) is 0.200. The van der Waals surface area contributed by atoms with Crippen molar-refractivity contribution in [2.45, 2.75) is 6.61 Å². The molecule has 4 heteroatoms. The highest BCUT2D eigenvalue weighted by atomic mass is 16.5. The summed E-state index contributed by atoms with van der Waals surface area (Å²) >= 11 is 0. The van der Waals surface area contributed by atoms with Crippen molar-refractivity contribution in [1.82, 2.24) is 0 Å². The number of aldehydes is 1. The zero-order valence-electron chi connectivity index (χ0n) is 7.57. The Morgan fingerprint density at radius 3 is 2.93 bits per heavy atom. The van der Waals surface area contributed by atoms with Crippen LogP contribution in [0.3, 0.4) is 0 Å². The van der Waals surface area contributed by atoms with E-state index in [9.17, 15) is 9.59 Å². The quantitative estimate of drug-likeness (QED) is 0.521. The molecule has 0 aromatic heterocycles. The molecule has 1 heterocycles. The molecule has 0 saturated carbocycles. The van der Waals surface area contributed by atoms with Crippen LogP contribution in [0, 0.1) is 0 Å². The molecule has 0 N–H and O–H groups in total. The second kappa shape index (κ2) is 3.14. The van der Waals surface area contributed by atoms with Crippen LogP contribution in [0.4, 0.5) is 0 Å². The highest BCUT2D eigenvalue weighted by molar-refractivity contribution is 6.02. The van der Waals surface area contributed by atoms with Gasteiger partial charge in [0.25, 0.3) is 0 Å². The van der Waals surface area contributed by atoms with Gasteiger partial charge in [-0.05, 0) is 6.07 Å². The highest BCUT2D eigenvalue weighted by Crippen LogP contribution is 2.29. The smallest absolute Gasteiger partial charge is 0.339 e. The van der Waals surface area contributed by atoms with Gasteiger partial charge >= 0.3 is 5.97 Å². The fourth-order valence-corrected chi connectivity index (χ4v) is 1.52. The summed E-state index contributed by atoms with van der Waals surface area (Å²) in [5, 5.41) is 0. The zero-order valence-corrected chi connectivity index (χ0v) is 7.57. The van der Waals surface area contributed by atoms with Crippen LogP contribution < -0.4 is 4.74 Å². The number of benzene rings is 1. The van der Waals surface area contributed by atoms with Crippen LogP contribution in [-0.4, -0.2) is 19.4 Å². The SMILES string of the molecule is COc1ccc2c(c1C=O)C(=O)OC2. The van der Waals surface area contributed by atoms with Gasteiger partial charge in [0.05, 0.1) is 18.2 Å². The molecule has 1 aromatic carbocycles. The maximum Gasteiger partial charge on any atom is 0.339 e. The van der Waals surface area contributed by atoms with E-state index in [-0.39, 0.29) is 12.2 Å². The van der Waals surface area contributed by atoms with Crippen LogP contribution in [0.2, 0.25) is 0 Å². The lowest BCUT2D eigenvalue weighted by Gasteiger charge is -2.05. The predicted octanol–water partition coefficient (Wildman–Crippen LogP) is 1.18. The minimum absolute atomic E-state index is 0.235. The minimum Gasteiger partial charge on any atom is -0.496 e. The second-order valence-corrected chi connectivity index (χ2v) is 2.91. The molecule has 2 rings (SSSR count). The summed E-state index contributed by atoms with van der Waals surface area (Å²) in [7, 11) is 1.45. The van der Waals surface area contributed by atoms with E-state index >= 15 is 0 Å². The maximum absolute atomic E-state index is 11.3. The van der Waals surface area contributed by atoms with Gasteiger partial charge in [-0.15, -0.1) is 0 Å². The maximum atomic E-state index is 11.3. The Hall–Kier alpha value is -1.84. The van der Waals surface area contributed by atoms with Crippen LogP contribution >= 0.6 is 0 Å². The third-order valence-corrected chi connectivity index (χ3v) is 2.19. The molecule has 1 aliphatic rings. The standard InChI is InChI=1S/C10H8O4/c1-13-8-3-2-6-5-14-10(12)9(6)7(8)4-11/h2-4H,5H2,1H3. The number of carbonyl (C=O) groups is 2. The summed E-state index contributed by atoms with van der Waals surface area (Å²) in [6.45, 7) is 0.235. The Morgan fingerprint density at radius 2 is 2.29 bits per heavy atom. The van der Waals surface area contributed by atoms with Gasteiger partial charge in [0.2, 0.25) is 0 Å². The van der Waals surface area contributed by atoms with Crippen molar-refractivity contribution in [3.8, 4) is 5.75 Å². The number of ether oxygens (including phenoxy) is 2. The van der Waals surface area contributed by atoms with Crippen molar-refractivity contribution in [2.24, 2.45) is 0 Å². The van der Waals surface area contributed by atoms with E-state index in [1.165, 1.54) is 7.11 Å². The van der Waals surface area contributed by atoms with Gasteiger partial charge in [-0.1, -0.05) is 6.07 Å². The molecule has 0 amide bonds. The fourth-order valence-electron chi connectivity index (χ4n) is 1.52. The van der Waals surface area contributed by atoms with Crippen LogP contribution in [0.1, 0.15) is 26.3 Å². The Bertz CT molecular complexity index is 409. The molecule has 0 fully saturated rings.